The van der Waals surface area contributed by atoms with Crippen LogP contribution in [0.25, 0.3) is 6.08 Å². The third-order valence-electron chi connectivity index (χ3n) is 5.26. The zero-order valence-electron chi connectivity index (χ0n) is 14.6. The lowest BCUT2D eigenvalue weighted by Gasteiger charge is -2.19. The molecule has 1 saturated carbocycles. The summed E-state index contributed by atoms with van der Waals surface area (Å²) in [5.41, 5.74) is 3.41. The zero-order valence-corrected chi connectivity index (χ0v) is 14.6. The third kappa shape index (κ3) is 4.08. The molecule has 128 valence electrons. The van der Waals surface area contributed by atoms with Crippen molar-refractivity contribution >= 4 is 11.8 Å². The fraction of sp³-hybridized carbons (Fsp3) is 0.348. The van der Waals surface area contributed by atoms with E-state index < -0.39 is 0 Å². The Morgan fingerprint density at radius 3 is 2.28 bits per heavy atom. The number of ether oxygens (including phenoxy) is 1. The number of hydrogen-bond donors (Lipinski definition) is 0. The van der Waals surface area contributed by atoms with Crippen LogP contribution in [0.2, 0.25) is 0 Å². The van der Waals surface area contributed by atoms with Gasteiger partial charge in [0.2, 0.25) is 0 Å². The minimum Gasteiger partial charge on any atom is -0.362 e. The molecule has 4 rings (SSSR count). The lowest BCUT2D eigenvalue weighted by atomic mass is 9.85. The van der Waals surface area contributed by atoms with Gasteiger partial charge < -0.3 is 4.74 Å². The second-order valence-electron chi connectivity index (χ2n) is 7.03. The van der Waals surface area contributed by atoms with E-state index in [2.05, 4.69) is 42.5 Å². The Labute approximate surface area is 150 Å². The van der Waals surface area contributed by atoms with Crippen LogP contribution in [-0.2, 0) is 4.74 Å². The fourth-order valence-electron chi connectivity index (χ4n) is 3.85. The first-order valence-corrected chi connectivity index (χ1v) is 9.42. The van der Waals surface area contributed by atoms with Gasteiger partial charge in [0.05, 0.1) is 11.8 Å². The molecule has 1 heterocycles. The maximum atomic E-state index is 6.11. The number of nitrogens with zero attached hydrogens (tertiary/aromatic N) is 1. The second-order valence-corrected chi connectivity index (χ2v) is 7.03. The van der Waals surface area contributed by atoms with Gasteiger partial charge in [0.15, 0.2) is 0 Å². The highest BCUT2D eigenvalue weighted by Gasteiger charge is 2.48. The monoisotopic (exact) mass is 331 g/mol. The molecular formula is C23H25NO. The lowest BCUT2D eigenvalue weighted by molar-refractivity contribution is 0.265. The first kappa shape index (κ1) is 16.3. The van der Waals surface area contributed by atoms with Gasteiger partial charge in [-0.05, 0) is 36.0 Å². The molecule has 2 atom stereocenters. The van der Waals surface area contributed by atoms with Crippen LogP contribution in [0, 0.1) is 5.92 Å². The second kappa shape index (κ2) is 7.79. The quantitative estimate of drug-likeness (QED) is 0.525. The van der Waals surface area contributed by atoms with Crippen LogP contribution in [0.3, 0.4) is 0 Å². The molecule has 1 saturated heterocycles. The number of epoxide rings is 1. The Balaban J connectivity index is 1.53. The van der Waals surface area contributed by atoms with Gasteiger partial charge in [0.25, 0.3) is 0 Å². The van der Waals surface area contributed by atoms with Crippen molar-refractivity contribution < 1.29 is 4.74 Å². The van der Waals surface area contributed by atoms with E-state index in [-0.39, 0.29) is 6.10 Å². The standard InChI is InChI=1S/C23H25NO/c1-4-10-18(11-5-1)16-17-24-21(19-12-6-2-7-13-19)23-22(25-23)20-14-8-3-9-15-20/h1-2,4-7,10-13,16-17,20,22-23H,3,8-9,14-15H2/b17-16+,24-21?. The van der Waals surface area contributed by atoms with E-state index in [1.807, 2.05) is 30.5 Å². The number of benzene rings is 2. The van der Waals surface area contributed by atoms with E-state index >= 15 is 0 Å². The molecule has 2 heteroatoms. The summed E-state index contributed by atoms with van der Waals surface area (Å²) in [5.74, 6) is 0.714. The largest absolute Gasteiger partial charge is 0.362 e. The van der Waals surface area contributed by atoms with Crippen LogP contribution in [0.5, 0.6) is 0 Å². The maximum absolute atomic E-state index is 6.11. The predicted octanol–water partition coefficient (Wildman–Crippen LogP) is 5.49. The topological polar surface area (TPSA) is 24.9 Å². The Hall–Kier alpha value is -2.19. The zero-order chi connectivity index (χ0) is 16.9. The number of rotatable bonds is 5. The molecular weight excluding hydrogens is 306 g/mol. The number of aliphatic imine (C=N–C) groups is 1. The molecule has 2 aliphatic rings. The van der Waals surface area contributed by atoms with Crippen molar-refractivity contribution in [2.75, 3.05) is 0 Å². The van der Waals surface area contributed by atoms with Crippen molar-refractivity contribution in [3.05, 3.63) is 78.0 Å². The summed E-state index contributed by atoms with van der Waals surface area (Å²) in [4.78, 5) is 4.81. The molecule has 2 fully saturated rings. The molecule has 0 radical (unpaired) electrons. The van der Waals surface area contributed by atoms with E-state index in [0.29, 0.717) is 12.0 Å². The lowest BCUT2D eigenvalue weighted by Crippen LogP contribution is -2.19. The molecule has 0 amide bonds. The van der Waals surface area contributed by atoms with Gasteiger partial charge in [0.1, 0.15) is 6.10 Å². The summed E-state index contributed by atoms with van der Waals surface area (Å²) in [7, 11) is 0. The van der Waals surface area contributed by atoms with Gasteiger partial charge in [-0.15, -0.1) is 0 Å². The van der Waals surface area contributed by atoms with E-state index in [4.69, 9.17) is 9.73 Å². The number of hydrogen-bond acceptors (Lipinski definition) is 2. The Morgan fingerprint density at radius 2 is 1.56 bits per heavy atom. The summed E-state index contributed by atoms with van der Waals surface area (Å²) in [6.45, 7) is 0. The van der Waals surface area contributed by atoms with Crippen LogP contribution in [0.1, 0.15) is 43.2 Å². The fourth-order valence-corrected chi connectivity index (χ4v) is 3.85. The molecule has 2 aromatic carbocycles. The molecule has 0 N–H and O–H groups in total. The summed E-state index contributed by atoms with van der Waals surface area (Å²) in [5, 5.41) is 0. The van der Waals surface area contributed by atoms with Gasteiger partial charge >= 0.3 is 0 Å². The van der Waals surface area contributed by atoms with E-state index in [0.717, 1.165) is 5.71 Å². The molecule has 0 spiro atoms. The highest BCUT2D eigenvalue weighted by Crippen LogP contribution is 2.40. The van der Waals surface area contributed by atoms with Gasteiger partial charge in [-0.3, -0.25) is 4.99 Å². The summed E-state index contributed by atoms with van der Waals surface area (Å²) >= 11 is 0. The molecule has 0 aromatic heterocycles. The summed E-state index contributed by atoms with van der Waals surface area (Å²) in [6.07, 6.45) is 11.2. The molecule has 0 bridgehead atoms. The first-order chi connectivity index (χ1) is 12.4. The molecule has 1 aliphatic heterocycles. The molecule has 2 aromatic rings. The van der Waals surface area contributed by atoms with Crippen molar-refractivity contribution in [2.45, 2.75) is 44.3 Å². The van der Waals surface area contributed by atoms with E-state index in [1.165, 1.54) is 43.2 Å². The van der Waals surface area contributed by atoms with Gasteiger partial charge in [-0.2, -0.15) is 0 Å². The van der Waals surface area contributed by atoms with Gasteiger partial charge in [-0.25, -0.2) is 0 Å². The minimum absolute atomic E-state index is 0.158. The minimum atomic E-state index is 0.158. The first-order valence-electron chi connectivity index (χ1n) is 9.42. The average Bonchev–Trinajstić information content (AvgIpc) is 3.48. The summed E-state index contributed by atoms with van der Waals surface area (Å²) in [6, 6.07) is 20.8. The Bertz CT molecular complexity index is 729. The van der Waals surface area contributed by atoms with Crippen LogP contribution in [0.4, 0.5) is 0 Å². The van der Waals surface area contributed by atoms with Crippen LogP contribution < -0.4 is 0 Å². The molecule has 1 aliphatic carbocycles. The van der Waals surface area contributed by atoms with Crippen molar-refractivity contribution in [1.29, 1.82) is 0 Å². The van der Waals surface area contributed by atoms with E-state index in [9.17, 15) is 0 Å². The molecule has 2 unspecified atom stereocenters. The van der Waals surface area contributed by atoms with Crippen molar-refractivity contribution in [2.24, 2.45) is 10.9 Å². The van der Waals surface area contributed by atoms with Crippen LogP contribution >= 0.6 is 0 Å². The normalized spacial score (nSPS) is 24.6. The van der Waals surface area contributed by atoms with Crippen LogP contribution in [-0.4, -0.2) is 17.9 Å². The highest BCUT2D eigenvalue weighted by molar-refractivity contribution is 6.06. The van der Waals surface area contributed by atoms with Crippen molar-refractivity contribution in [3.63, 3.8) is 0 Å². The summed E-state index contributed by atoms with van der Waals surface area (Å²) < 4.78 is 6.11. The highest BCUT2D eigenvalue weighted by atomic mass is 16.6. The molecule has 2 nitrogen and oxygen atoms in total. The SMILES string of the molecule is C(=C\c1ccccc1)/N=C(c1ccccc1)C1OC1C1CCCCC1. The Kier molecular flexibility index (Phi) is 5.08. The average molecular weight is 331 g/mol. The van der Waals surface area contributed by atoms with Gasteiger partial charge in [-0.1, -0.05) is 79.9 Å². The van der Waals surface area contributed by atoms with Crippen molar-refractivity contribution in [3.8, 4) is 0 Å². The van der Waals surface area contributed by atoms with Gasteiger partial charge in [0, 0.05) is 6.20 Å². The van der Waals surface area contributed by atoms with E-state index in [1.54, 1.807) is 0 Å². The Morgan fingerprint density at radius 1 is 0.880 bits per heavy atom. The third-order valence-corrected chi connectivity index (χ3v) is 5.26. The smallest absolute Gasteiger partial charge is 0.127 e. The predicted molar refractivity (Wildman–Crippen MR) is 104 cm³/mol. The molecule has 25 heavy (non-hydrogen) atoms. The maximum Gasteiger partial charge on any atom is 0.127 e. The van der Waals surface area contributed by atoms with Crippen molar-refractivity contribution in [1.82, 2.24) is 0 Å². The van der Waals surface area contributed by atoms with Crippen LogP contribution in [0.15, 0.2) is 71.9 Å².